The topological polar surface area (TPSA) is 66.9 Å². The van der Waals surface area contributed by atoms with Gasteiger partial charge >= 0.3 is 0 Å². The number of carbonyl (C=O) groups is 1. The van der Waals surface area contributed by atoms with E-state index in [1.54, 1.807) is 37.3 Å². The van der Waals surface area contributed by atoms with Crippen LogP contribution in [0.5, 0.6) is 0 Å². The van der Waals surface area contributed by atoms with E-state index in [9.17, 15) is 4.79 Å². The van der Waals surface area contributed by atoms with E-state index in [2.05, 4.69) is 20.6 Å². The fourth-order valence-electron chi connectivity index (χ4n) is 2.33. The molecule has 0 aliphatic rings. The summed E-state index contributed by atoms with van der Waals surface area (Å²) in [5.74, 6) is 0.729. The lowest BCUT2D eigenvalue weighted by Crippen LogP contribution is -2.15. The third-order valence-electron chi connectivity index (χ3n) is 3.59. The Balaban J connectivity index is 1.73. The maximum absolute atomic E-state index is 12.4. The van der Waals surface area contributed by atoms with E-state index in [0.29, 0.717) is 33.9 Å². The zero-order valence-electron chi connectivity index (χ0n) is 14.0. The zero-order chi connectivity index (χ0) is 18.5. The van der Waals surface area contributed by atoms with Gasteiger partial charge in [-0.05, 0) is 42.8 Å². The Labute approximate surface area is 161 Å². The van der Waals surface area contributed by atoms with E-state index in [-0.39, 0.29) is 11.6 Å². The second-order valence-corrected chi connectivity index (χ2v) is 6.44. The number of aromatic nitrogens is 2. The number of nitrogens with one attached hydrogen (secondary N) is 2. The molecule has 0 saturated carbocycles. The van der Waals surface area contributed by atoms with E-state index in [0.717, 1.165) is 5.56 Å². The van der Waals surface area contributed by atoms with Gasteiger partial charge in [-0.1, -0.05) is 41.4 Å². The molecule has 5 nitrogen and oxygen atoms in total. The summed E-state index contributed by atoms with van der Waals surface area (Å²) in [6.45, 7) is 2.23. The lowest BCUT2D eigenvalue weighted by molar-refractivity contribution is 0.102. The van der Waals surface area contributed by atoms with Crippen LogP contribution in [-0.2, 0) is 6.54 Å². The largest absolute Gasteiger partial charge is 0.366 e. The maximum atomic E-state index is 12.4. The van der Waals surface area contributed by atoms with Gasteiger partial charge < -0.3 is 10.6 Å². The average molecular weight is 387 g/mol. The van der Waals surface area contributed by atoms with Gasteiger partial charge in [-0.15, -0.1) is 0 Å². The molecule has 7 heteroatoms. The highest BCUT2D eigenvalue weighted by molar-refractivity contribution is 6.31. The minimum Gasteiger partial charge on any atom is -0.366 e. The highest BCUT2D eigenvalue weighted by Gasteiger charge is 2.11. The van der Waals surface area contributed by atoms with Crippen molar-refractivity contribution < 1.29 is 4.79 Å². The van der Waals surface area contributed by atoms with Gasteiger partial charge in [0.2, 0.25) is 0 Å². The SMILES string of the molecule is Cc1nc(NCc2ccccc2Cl)cc(C(=O)Nc2ccc(Cl)cc2)n1. The number of rotatable bonds is 5. The van der Waals surface area contributed by atoms with Crippen LogP contribution >= 0.6 is 23.2 Å². The number of aryl methyl sites for hydroxylation is 1. The van der Waals surface area contributed by atoms with Crippen LogP contribution in [0.25, 0.3) is 0 Å². The molecule has 0 bridgehead atoms. The third kappa shape index (κ3) is 4.71. The third-order valence-corrected chi connectivity index (χ3v) is 4.21. The summed E-state index contributed by atoms with van der Waals surface area (Å²) in [7, 11) is 0. The monoisotopic (exact) mass is 386 g/mol. The number of nitrogens with zero attached hydrogens (tertiary/aromatic N) is 2. The summed E-state index contributed by atoms with van der Waals surface area (Å²) in [6.07, 6.45) is 0. The van der Waals surface area contributed by atoms with Crippen molar-refractivity contribution >= 4 is 40.6 Å². The van der Waals surface area contributed by atoms with Gasteiger partial charge in [-0.25, -0.2) is 9.97 Å². The maximum Gasteiger partial charge on any atom is 0.274 e. The molecule has 3 aromatic rings. The standard InChI is InChI=1S/C19H16Cl2N4O/c1-12-23-17(19(26)25-15-8-6-14(20)7-9-15)10-18(24-12)22-11-13-4-2-3-5-16(13)21/h2-10H,11H2,1H3,(H,25,26)(H,22,23,24). The molecule has 0 saturated heterocycles. The molecule has 26 heavy (non-hydrogen) atoms. The van der Waals surface area contributed by atoms with Crippen molar-refractivity contribution in [1.29, 1.82) is 0 Å². The number of carbonyl (C=O) groups excluding carboxylic acids is 1. The van der Waals surface area contributed by atoms with Gasteiger partial charge in [-0.2, -0.15) is 0 Å². The van der Waals surface area contributed by atoms with Crippen LogP contribution in [0.1, 0.15) is 21.9 Å². The Morgan fingerprint density at radius 2 is 1.77 bits per heavy atom. The van der Waals surface area contributed by atoms with Crippen LogP contribution in [0.2, 0.25) is 10.0 Å². The Morgan fingerprint density at radius 3 is 2.50 bits per heavy atom. The normalized spacial score (nSPS) is 10.4. The Morgan fingerprint density at radius 1 is 1.04 bits per heavy atom. The minimum atomic E-state index is -0.321. The fourth-order valence-corrected chi connectivity index (χ4v) is 2.66. The molecular weight excluding hydrogens is 371 g/mol. The predicted octanol–water partition coefficient (Wildman–Crippen LogP) is 4.96. The zero-order valence-corrected chi connectivity index (χ0v) is 15.5. The van der Waals surface area contributed by atoms with Crippen LogP contribution < -0.4 is 10.6 Å². The van der Waals surface area contributed by atoms with Crippen molar-refractivity contribution in [3.05, 3.63) is 81.7 Å². The molecular formula is C19H16Cl2N4O. The molecule has 2 aromatic carbocycles. The lowest BCUT2D eigenvalue weighted by atomic mass is 10.2. The Hall–Kier alpha value is -2.63. The molecule has 0 aliphatic carbocycles. The van der Waals surface area contributed by atoms with Gasteiger partial charge in [0.1, 0.15) is 17.3 Å². The summed E-state index contributed by atoms with van der Waals surface area (Å²) in [4.78, 5) is 21.0. The number of hydrogen-bond acceptors (Lipinski definition) is 4. The molecule has 1 aromatic heterocycles. The molecule has 0 spiro atoms. The van der Waals surface area contributed by atoms with E-state index in [1.165, 1.54) is 0 Å². The van der Waals surface area contributed by atoms with Crippen molar-refractivity contribution in [3.8, 4) is 0 Å². The summed E-state index contributed by atoms with van der Waals surface area (Å²) in [6, 6.07) is 16.0. The first-order chi connectivity index (χ1) is 12.5. The highest BCUT2D eigenvalue weighted by atomic mass is 35.5. The first-order valence-corrected chi connectivity index (χ1v) is 8.67. The second kappa shape index (κ2) is 8.17. The number of benzene rings is 2. The molecule has 0 unspecified atom stereocenters. The molecule has 2 N–H and O–H groups in total. The number of amides is 1. The van der Waals surface area contributed by atoms with Crippen LogP contribution in [0.4, 0.5) is 11.5 Å². The summed E-state index contributed by atoms with van der Waals surface area (Å²) >= 11 is 12.0. The molecule has 1 amide bonds. The van der Waals surface area contributed by atoms with Crippen molar-refractivity contribution in [3.63, 3.8) is 0 Å². The molecule has 1 heterocycles. The number of anilines is 2. The van der Waals surface area contributed by atoms with Gasteiger partial charge in [0.05, 0.1) is 0 Å². The highest BCUT2D eigenvalue weighted by Crippen LogP contribution is 2.18. The van der Waals surface area contributed by atoms with E-state index in [1.807, 2.05) is 24.3 Å². The first kappa shape index (κ1) is 18.2. The molecule has 3 rings (SSSR count). The van der Waals surface area contributed by atoms with Crippen molar-refractivity contribution in [2.45, 2.75) is 13.5 Å². The predicted molar refractivity (Wildman–Crippen MR) is 105 cm³/mol. The van der Waals surface area contributed by atoms with E-state index < -0.39 is 0 Å². The quantitative estimate of drug-likeness (QED) is 0.650. The van der Waals surface area contributed by atoms with Crippen molar-refractivity contribution in [2.75, 3.05) is 10.6 Å². The summed E-state index contributed by atoms with van der Waals surface area (Å²) in [5.41, 5.74) is 1.85. The first-order valence-electron chi connectivity index (χ1n) is 7.91. The van der Waals surface area contributed by atoms with Gasteiger partial charge in [-0.3, -0.25) is 4.79 Å². The summed E-state index contributed by atoms with van der Waals surface area (Å²) in [5, 5.41) is 7.24. The molecule has 0 atom stereocenters. The Kier molecular flexibility index (Phi) is 5.71. The number of halogens is 2. The van der Waals surface area contributed by atoms with Crippen molar-refractivity contribution in [1.82, 2.24) is 9.97 Å². The number of hydrogen-bond donors (Lipinski definition) is 2. The van der Waals surface area contributed by atoms with Gasteiger partial charge in [0, 0.05) is 28.3 Å². The minimum absolute atomic E-state index is 0.272. The van der Waals surface area contributed by atoms with Crippen molar-refractivity contribution in [2.24, 2.45) is 0 Å². The molecule has 0 radical (unpaired) electrons. The van der Waals surface area contributed by atoms with Gasteiger partial charge in [0.25, 0.3) is 5.91 Å². The van der Waals surface area contributed by atoms with Gasteiger partial charge in [0.15, 0.2) is 0 Å². The lowest BCUT2D eigenvalue weighted by Gasteiger charge is -2.10. The van der Waals surface area contributed by atoms with Crippen LogP contribution in [-0.4, -0.2) is 15.9 Å². The fraction of sp³-hybridized carbons (Fsp3) is 0.105. The van der Waals surface area contributed by atoms with E-state index in [4.69, 9.17) is 23.2 Å². The Bertz CT molecular complexity index is 929. The summed E-state index contributed by atoms with van der Waals surface area (Å²) < 4.78 is 0. The van der Waals surface area contributed by atoms with Crippen LogP contribution in [0.3, 0.4) is 0 Å². The average Bonchev–Trinajstić information content (AvgIpc) is 2.62. The van der Waals surface area contributed by atoms with Crippen LogP contribution in [0, 0.1) is 6.92 Å². The van der Waals surface area contributed by atoms with E-state index >= 15 is 0 Å². The molecule has 132 valence electrons. The molecule has 0 fully saturated rings. The smallest absolute Gasteiger partial charge is 0.274 e. The van der Waals surface area contributed by atoms with Crippen LogP contribution in [0.15, 0.2) is 54.6 Å². The second-order valence-electron chi connectivity index (χ2n) is 5.59. The molecule has 0 aliphatic heterocycles.